The number of benzene rings is 1. The lowest BCUT2D eigenvalue weighted by atomic mass is 9.89. The molecule has 0 saturated heterocycles. The van der Waals surface area contributed by atoms with Crippen LogP contribution in [0, 0.1) is 6.92 Å². The van der Waals surface area contributed by atoms with E-state index in [9.17, 15) is 5.11 Å². The van der Waals surface area contributed by atoms with Crippen LogP contribution < -0.4 is 5.32 Å². The minimum atomic E-state index is -0.363. The van der Waals surface area contributed by atoms with Gasteiger partial charge in [-0.2, -0.15) is 0 Å². The highest BCUT2D eigenvalue weighted by Gasteiger charge is 2.26. The molecule has 1 rings (SSSR count). The maximum atomic E-state index is 9.77. The van der Waals surface area contributed by atoms with Crippen molar-refractivity contribution in [3.63, 3.8) is 0 Å². The zero-order valence-corrected chi connectivity index (χ0v) is 12.7. The predicted octanol–water partition coefficient (Wildman–Crippen LogP) is 2.13. The topological polar surface area (TPSA) is 35.5 Å². The van der Waals surface area contributed by atoms with E-state index in [0.717, 1.165) is 26.2 Å². The zero-order valence-electron chi connectivity index (χ0n) is 12.7. The molecule has 0 fully saturated rings. The van der Waals surface area contributed by atoms with Crippen molar-refractivity contribution >= 4 is 0 Å². The Morgan fingerprint density at radius 2 is 1.84 bits per heavy atom. The van der Waals surface area contributed by atoms with Gasteiger partial charge in [-0.1, -0.05) is 38.1 Å². The van der Waals surface area contributed by atoms with Gasteiger partial charge in [0.1, 0.15) is 0 Å². The smallest absolute Gasteiger partial charge is 0.0652 e. The summed E-state index contributed by atoms with van der Waals surface area (Å²) in [6.07, 6.45) is 0. The summed E-state index contributed by atoms with van der Waals surface area (Å²) in [6, 6.07) is 8.25. The first-order chi connectivity index (χ1) is 9.07. The van der Waals surface area contributed by atoms with Crippen molar-refractivity contribution in [1.82, 2.24) is 10.2 Å². The molecule has 19 heavy (non-hydrogen) atoms. The van der Waals surface area contributed by atoms with Crippen LogP contribution in [0.3, 0.4) is 0 Å². The standard InChI is InChI=1S/C16H28N2O/c1-5-18(6-2)12-11-17-16(4,13-19)15-10-8-7-9-14(15)3/h7-10,17,19H,5-6,11-13H2,1-4H3. The van der Waals surface area contributed by atoms with Gasteiger partial charge in [-0.05, 0) is 38.1 Å². The lowest BCUT2D eigenvalue weighted by Crippen LogP contribution is -2.46. The van der Waals surface area contributed by atoms with E-state index in [2.05, 4.69) is 50.0 Å². The summed E-state index contributed by atoms with van der Waals surface area (Å²) >= 11 is 0. The maximum Gasteiger partial charge on any atom is 0.0652 e. The van der Waals surface area contributed by atoms with Crippen LogP contribution in [-0.4, -0.2) is 42.8 Å². The molecule has 0 saturated carbocycles. The van der Waals surface area contributed by atoms with E-state index in [-0.39, 0.29) is 12.1 Å². The number of aryl methyl sites for hydroxylation is 1. The van der Waals surface area contributed by atoms with Crippen LogP contribution >= 0.6 is 0 Å². The number of aliphatic hydroxyl groups is 1. The number of nitrogens with zero attached hydrogens (tertiary/aromatic N) is 1. The van der Waals surface area contributed by atoms with Gasteiger partial charge in [0.2, 0.25) is 0 Å². The summed E-state index contributed by atoms with van der Waals surface area (Å²) in [5.74, 6) is 0. The fourth-order valence-corrected chi connectivity index (χ4v) is 2.46. The molecule has 3 nitrogen and oxygen atoms in total. The molecule has 1 aromatic rings. The molecule has 0 aromatic heterocycles. The summed E-state index contributed by atoms with van der Waals surface area (Å²) < 4.78 is 0. The molecule has 2 N–H and O–H groups in total. The van der Waals surface area contributed by atoms with Gasteiger partial charge in [-0.25, -0.2) is 0 Å². The molecular formula is C16H28N2O. The summed E-state index contributed by atoms with van der Waals surface area (Å²) in [4.78, 5) is 2.38. The second kappa shape index (κ2) is 7.63. The third-order valence-electron chi connectivity index (χ3n) is 3.89. The SMILES string of the molecule is CCN(CC)CCNC(C)(CO)c1ccccc1C. The lowest BCUT2D eigenvalue weighted by molar-refractivity contribution is 0.168. The molecule has 1 unspecified atom stereocenters. The maximum absolute atomic E-state index is 9.77. The second-order valence-corrected chi connectivity index (χ2v) is 5.26. The fourth-order valence-electron chi connectivity index (χ4n) is 2.46. The van der Waals surface area contributed by atoms with Gasteiger partial charge in [0.15, 0.2) is 0 Å². The predicted molar refractivity (Wildman–Crippen MR) is 81.4 cm³/mol. The Morgan fingerprint density at radius 1 is 1.21 bits per heavy atom. The van der Waals surface area contributed by atoms with Crippen LogP contribution in [0.15, 0.2) is 24.3 Å². The van der Waals surface area contributed by atoms with E-state index >= 15 is 0 Å². The monoisotopic (exact) mass is 264 g/mol. The molecule has 1 atom stereocenters. The van der Waals surface area contributed by atoms with E-state index in [4.69, 9.17) is 0 Å². The first kappa shape index (κ1) is 16.2. The molecule has 108 valence electrons. The third kappa shape index (κ3) is 4.30. The van der Waals surface area contributed by atoms with Crippen molar-refractivity contribution in [2.75, 3.05) is 32.8 Å². The average Bonchev–Trinajstić information content (AvgIpc) is 2.44. The molecular weight excluding hydrogens is 236 g/mol. The molecule has 0 bridgehead atoms. The first-order valence-electron chi connectivity index (χ1n) is 7.21. The van der Waals surface area contributed by atoms with Crippen molar-refractivity contribution in [1.29, 1.82) is 0 Å². The van der Waals surface area contributed by atoms with Crippen molar-refractivity contribution in [3.05, 3.63) is 35.4 Å². The Labute approximate surface area is 117 Å². The van der Waals surface area contributed by atoms with Gasteiger partial charge in [-0.15, -0.1) is 0 Å². The van der Waals surface area contributed by atoms with Crippen LogP contribution in [0.25, 0.3) is 0 Å². The van der Waals surface area contributed by atoms with Gasteiger partial charge in [0.25, 0.3) is 0 Å². The van der Waals surface area contributed by atoms with E-state index in [0.29, 0.717) is 0 Å². The highest BCUT2D eigenvalue weighted by molar-refractivity contribution is 5.32. The minimum absolute atomic E-state index is 0.107. The van der Waals surface area contributed by atoms with Crippen molar-refractivity contribution < 1.29 is 5.11 Å². The number of hydrogen-bond acceptors (Lipinski definition) is 3. The number of hydrogen-bond donors (Lipinski definition) is 2. The molecule has 0 spiro atoms. The zero-order chi connectivity index (χ0) is 14.3. The molecule has 1 aromatic carbocycles. The Morgan fingerprint density at radius 3 is 2.37 bits per heavy atom. The normalized spacial score (nSPS) is 14.6. The van der Waals surface area contributed by atoms with E-state index in [1.807, 2.05) is 12.1 Å². The number of nitrogens with one attached hydrogen (secondary N) is 1. The molecule has 3 heteroatoms. The van der Waals surface area contributed by atoms with Gasteiger partial charge >= 0.3 is 0 Å². The van der Waals surface area contributed by atoms with Gasteiger partial charge in [0, 0.05) is 13.1 Å². The van der Waals surface area contributed by atoms with Crippen LogP contribution in [-0.2, 0) is 5.54 Å². The van der Waals surface area contributed by atoms with E-state index < -0.39 is 0 Å². The summed E-state index contributed by atoms with van der Waals surface area (Å²) in [5.41, 5.74) is 2.03. The Bertz CT molecular complexity index is 377. The van der Waals surface area contributed by atoms with Crippen LogP contribution in [0.5, 0.6) is 0 Å². The van der Waals surface area contributed by atoms with Gasteiger partial charge < -0.3 is 15.3 Å². The second-order valence-electron chi connectivity index (χ2n) is 5.26. The lowest BCUT2D eigenvalue weighted by Gasteiger charge is -2.32. The van der Waals surface area contributed by atoms with Gasteiger partial charge in [-0.3, -0.25) is 0 Å². The van der Waals surface area contributed by atoms with E-state index in [1.165, 1.54) is 11.1 Å². The minimum Gasteiger partial charge on any atom is -0.394 e. The molecule has 0 amide bonds. The number of rotatable bonds is 8. The summed E-state index contributed by atoms with van der Waals surface area (Å²) in [6.45, 7) is 12.6. The Kier molecular flexibility index (Phi) is 6.49. The molecule has 0 aliphatic heterocycles. The third-order valence-corrected chi connectivity index (χ3v) is 3.89. The van der Waals surface area contributed by atoms with Crippen molar-refractivity contribution in [3.8, 4) is 0 Å². The summed E-state index contributed by atoms with van der Waals surface area (Å²) in [5, 5.41) is 13.3. The number of aliphatic hydroxyl groups excluding tert-OH is 1. The van der Waals surface area contributed by atoms with Gasteiger partial charge in [0.05, 0.1) is 12.1 Å². The molecule has 0 radical (unpaired) electrons. The molecule has 0 aliphatic rings. The largest absolute Gasteiger partial charge is 0.394 e. The number of likely N-dealkylation sites (N-methyl/N-ethyl adjacent to an activating group) is 1. The van der Waals surface area contributed by atoms with Crippen LogP contribution in [0.1, 0.15) is 31.9 Å². The highest BCUT2D eigenvalue weighted by Crippen LogP contribution is 2.23. The Balaban J connectivity index is 2.68. The van der Waals surface area contributed by atoms with E-state index in [1.54, 1.807) is 0 Å². The fraction of sp³-hybridized carbons (Fsp3) is 0.625. The van der Waals surface area contributed by atoms with Crippen LogP contribution in [0.2, 0.25) is 0 Å². The highest BCUT2D eigenvalue weighted by atomic mass is 16.3. The van der Waals surface area contributed by atoms with Crippen molar-refractivity contribution in [2.45, 2.75) is 33.2 Å². The quantitative estimate of drug-likeness (QED) is 0.755. The first-order valence-corrected chi connectivity index (χ1v) is 7.21. The Hall–Kier alpha value is -0.900. The average molecular weight is 264 g/mol. The summed E-state index contributed by atoms with van der Waals surface area (Å²) in [7, 11) is 0. The van der Waals surface area contributed by atoms with Crippen LogP contribution in [0.4, 0.5) is 0 Å². The molecule has 0 heterocycles. The molecule has 0 aliphatic carbocycles. The van der Waals surface area contributed by atoms with Crippen molar-refractivity contribution in [2.24, 2.45) is 0 Å².